The van der Waals surface area contributed by atoms with Crippen molar-refractivity contribution in [3.63, 3.8) is 0 Å². The van der Waals surface area contributed by atoms with Gasteiger partial charge in [0.2, 0.25) is 29.0 Å². The Bertz CT molecular complexity index is 7130. The molecule has 0 spiro atoms. The first-order valence-corrected chi connectivity index (χ1v) is 39.9. The maximum atomic E-state index is 11.0. The average Bonchev–Trinajstić information content (AvgIpc) is 1.60. The molecule has 1 amide bonds. The number of hydrogen-bond donors (Lipinski definition) is 11. The van der Waals surface area contributed by atoms with Crippen LogP contribution in [0.5, 0.6) is 0 Å². The van der Waals surface area contributed by atoms with Gasteiger partial charge in [-0.05, 0) is 182 Å². The predicted octanol–water partition coefficient (Wildman–Crippen LogP) is 13.9. The number of aromatic amines is 3. The van der Waals surface area contributed by atoms with E-state index in [0.717, 1.165) is 112 Å². The number of non-ortho nitro benzene ring substituents is 2. The van der Waals surface area contributed by atoms with Gasteiger partial charge in [0.25, 0.3) is 34.9 Å². The quantitative estimate of drug-likeness (QED) is 0.00863. The Morgan fingerprint density at radius 3 is 1.14 bits per heavy atom. The maximum absolute atomic E-state index is 11.0. The Morgan fingerprint density at radius 1 is 0.449 bits per heavy atom. The molecule has 0 bridgehead atoms. The van der Waals surface area contributed by atoms with Crippen LogP contribution in [0.15, 0.2) is 268 Å². The van der Waals surface area contributed by atoms with Crippen molar-refractivity contribution in [1.29, 1.82) is 0 Å². The summed E-state index contributed by atoms with van der Waals surface area (Å²) in [5.41, 5.74) is 42.2. The molecule has 0 unspecified atom stereocenters. The Labute approximate surface area is 822 Å². The van der Waals surface area contributed by atoms with Crippen molar-refractivity contribution in [2.24, 2.45) is 0 Å². The number of nitrogen functional groups attached to an aromatic ring is 5. The fourth-order valence-electron chi connectivity index (χ4n) is 12.2. The molecule has 12 heterocycles. The summed E-state index contributed by atoms with van der Waals surface area (Å²) in [6.45, 7) is 20.4. The predicted molar refractivity (Wildman–Crippen MR) is 519 cm³/mol. The molecule has 0 saturated carbocycles. The number of carboxylic acid groups (broad SMARTS) is 1. The average molecular weight is 1980 g/mol. The molecule has 1 aliphatic heterocycles. The summed E-state index contributed by atoms with van der Waals surface area (Å²) in [5.74, 6) is 0.432. The maximum Gasteiger partial charge on any atom is 1.00 e. The molecule has 0 atom stereocenters. The molecule has 0 radical (unpaired) electrons. The number of H-pyrrole nitrogens is 3. The van der Waals surface area contributed by atoms with E-state index in [1.54, 1.807) is 139 Å². The molecule has 51 heteroatoms. The molecule has 11 aromatic heterocycles. The summed E-state index contributed by atoms with van der Waals surface area (Å²) < 4.78 is 12.6. The Kier molecular flexibility index (Phi) is 39.7. The first kappa shape index (κ1) is 108. The number of nitrogens with zero attached hydrogens (tertiary/aromatic N) is 20. The SMILES string of the molecule is Brc1ccncc1.CC1(C)OB(c2cc([N+](=O)[O-])cc([N+](=O)[O-])c2N)OC1(C)C.Cl.Nc1c(-c2ccncc2)cc([N+](=O)[O-])cc1[N+](=O)[O-].Nc1cc(-c2ccncc2)c(N)c([N+](=O)[O-])c1.Nc1cc(-c2ccncc2)c2nc[nH]c2c1.O=CNc1cc(-c2ccncc2)c2nc[nH]c2c1.O=CO.[C-]#[N+]c1cnc(Cl)nc1.[C-]#[N+]c1cnc(Nc2cc(-c3ccncc3)c3nc[nH]c3c2)nc1.[Na+].[OH-]. The summed E-state index contributed by atoms with van der Waals surface area (Å²) in [4.78, 5) is 138. The van der Waals surface area contributed by atoms with E-state index < -0.39 is 60.0 Å². The third-order valence-corrected chi connectivity index (χ3v) is 19.9. The van der Waals surface area contributed by atoms with Gasteiger partial charge < -0.3 is 74.1 Å². The van der Waals surface area contributed by atoms with E-state index in [1.165, 1.54) is 49.3 Å². The van der Waals surface area contributed by atoms with Crippen LogP contribution in [-0.4, -0.2) is 146 Å². The molecule has 1 fully saturated rings. The molecule has 17 N–H and O–H groups in total. The van der Waals surface area contributed by atoms with E-state index in [-0.39, 0.29) is 98.7 Å². The number of amides is 1. The van der Waals surface area contributed by atoms with Crippen molar-refractivity contribution >= 4 is 184 Å². The number of nitro groups is 5. The molecule has 18 rings (SSSR count). The van der Waals surface area contributed by atoms with Crippen molar-refractivity contribution in [2.75, 3.05) is 39.3 Å². The molecule has 138 heavy (non-hydrogen) atoms. The number of nitrogens with two attached hydrogens (primary N) is 5. The number of imidazole rings is 3. The summed E-state index contributed by atoms with van der Waals surface area (Å²) in [5, 5.41) is 67.4. The van der Waals surface area contributed by atoms with Gasteiger partial charge in [-0.3, -0.25) is 90.1 Å². The number of benzene rings is 6. The summed E-state index contributed by atoms with van der Waals surface area (Å²) in [6.07, 6.45) is 31.4. The van der Waals surface area contributed by atoms with Crippen LogP contribution in [0.4, 0.5) is 85.6 Å². The Morgan fingerprint density at radius 2 is 0.768 bits per heavy atom. The number of rotatable bonds is 15. The van der Waals surface area contributed by atoms with Crippen molar-refractivity contribution in [3.05, 3.63) is 347 Å². The van der Waals surface area contributed by atoms with Crippen LogP contribution in [0.3, 0.4) is 0 Å². The number of pyridine rings is 6. The molecule has 0 aliphatic carbocycles. The van der Waals surface area contributed by atoms with Gasteiger partial charge in [-0.1, -0.05) is 15.9 Å². The third-order valence-electron chi connectivity index (χ3n) is 19.2. The number of carbonyl (C=O) groups is 2. The minimum absolute atomic E-state index is 0. The number of hydrogen-bond acceptors (Lipinski definition) is 34. The van der Waals surface area contributed by atoms with Crippen LogP contribution >= 0.6 is 39.9 Å². The first-order valence-electron chi connectivity index (χ1n) is 38.7. The largest absolute Gasteiger partial charge is 1.00 e. The molecule has 694 valence electrons. The van der Waals surface area contributed by atoms with Gasteiger partial charge in [-0.15, -0.1) is 12.4 Å². The van der Waals surface area contributed by atoms with E-state index in [1.807, 2.05) is 84.9 Å². The van der Waals surface area contributed by atoms with Crippen LogP contribution in [0, 0.1) is 63.7 Å². The van der Waals surface area contributed by atoms with Gasteiger partial charge in [0, 0.05) is 178 Å². The monoisotopic (exact) mass is 1980 g/mol. The molecule has 6 aromatic carbocycles. The number of nitrogens with one attached hydrogen (secondary N) is 5. The van der Waals surface area contributed by atoms with Crippen molar-refractivity contribution in [1.82, 2.24) is 79.7 Å². The van der Waals surface area contributed by atoms with Crippen LogP contribution < -0.4 is 74.3 Å². The summed E-state index contributed by atoms with van der Waals surface area (Å²) in [7, 11) is -1.01. The molecular formula is C87H75BBrCl2N30NaO16. The van der Waals surface area contributed by atoms with Gasteiger partial charge in [-0.25, -0.2) is 44.6 Å². The van der Waals surface area contributed by atoms with Gasteiger partial charge in [0.05, 0.1) is 113 Å². The normalized spacial score (nSPS) is 11.2. The van der Waals surface area contributed by atoms with Gasteiger partial charge in [0.15, 0.2) is 0 Å². The van der Waals surface area contributed by atoms with E-state index in [4.69, 9.17) is 72.6 Å². The van der Waals surface area contributed by atoms with Crippen LogP contribution in [0.1, 0.15) is 27.7 Å². The van der Waals surface area contributed by atoms with E-state index >= 15 is 0 Å². The number of anilines is 8. The smallest absolute Gasteiger partial charge is 0.870 e. The first-order chi connectivity index (χ1) is 64.7. The molecule has 1 aliphatic rings. The molecule has 1 saturated heterocycles. The van der Waals surface area contributed by atoms with Gasteiger partial charge in [-0.2, -0.15) is 0 Å². The number of halogens is 3. The van der Waals surface area contributed by atoms with Crippen molar-refractivity contribution < 1.29 is 83.7 Å². The minimum atomic E-state index is -1.01. The summed E-state index contributed by atoms with van der Waals surface area (Å²) >= 11 is 8.61. The second-order valence-electron chi connectivity index (χ2n) is 28.3. The van der Waals surface area contributed by atoms with E-state index in [9.17, 15) is 55.4 Å². The minimum Gasteiger partial charge on any atom is -0.870 e. The molecule has 46 nitrogen and oxygen atoms in total. The van der Waals surface area contributed by atoms with E-state index in [2.05, 4.69) is 116 Å². The Hall–Kier alpha value is -17.5. The second kappa shape index (κ2) is 50.9. The zero-order valence-corrected chi connectivity index (χ0v) is 77.8. The number of carbonyl (C=O) groups excluding carboxylic acids is 1. The third kappa shape index (κ3) is 28.8. The molecular weight excluding hydrogens is 1910 g/mol. The van der Waals surface area contributed by atoms with Crippen molar-refractivity contribution in [2.45, 2.75) is 38.9 Å². The summed E-state index contributed by atoms with van der Waals surface area (Å²) in [6, 6.07) is 40.3. The van der Waals surface area contributed by atoms with Crippen LogP contribution in [0.2, 0.25) is 5.28 Å². The van der Waals surface area contributed by atoms with Gasteiger partial charge >= 0.3 is 36.7 Å². The van der Waals surface area contributed by atoms with Crippen LogP contribution in [0.25, 0.3) is 98.4 Å². The fraction of sp³-hybridized carbons (Fsp3) is 0.0690. The fourth-order valence-corrected chi connectivity index (χ4v) is 12.6. The standard InChI is InChI=1S/C17H11N7.C13H10N4O.C12H16BN3O6.C12H10N4.C11H8N4O4.C11H10N4O2.C5H4BrN.C5H2ClN3.CH2O2.ClH.Na.H2O/c1-18-13-8-20-17(21-9-13)24-12-6-14(11-2-4-19-5-3-11)16-15(7-12)22-10-23-16;18-8-17-10-5-11(9-1-3-14-4-2-9)13-12(6-10)15-7-16-13;1-11(2)12(3,4)22-13(21-11)8-5-7(15(17)18)6-9(10(8)14)16(19)20;13-9-5-10(8-1-3-14-4-2-8)12-11(6-9)15-7-16-12;12-11-9(7-1-3-13-4-2-7)5-8(14(16)17)6-10(11)15(18)19;12-8-5-9(7-1-3-14-4-2-7)11(13)10(6-8)15(16)17;6-5-1-3-7-4-2-5;1-7-4-2-8-5(6)9-3-4;2-1-3;;;/h2-10H,(H,22,23)(H,20,21,24);1-8H,(H,15,16)(H,17,18);5-6H,14H2,1-4H3;1-7H,13H2,(H,15,16);1-6H,12H2;1-6H,12-13H2;1-4H;2-3H;1H,(H,2,3);1H;;1H2/q;;;;;;;;;;+1;/p-1. The molecule has 17 aromatic rings. The topological polar surface area (TPSA) is 696 Å². The van der Waals surface area contributed by atoms with Gasteiger partial charge in [0.1, 0.15) is 17.1 Å². The second-order valence-corrected chi connectivity index (χ2v) is 29.6. The number of nitro benzene ring substituents is 5. The Balaban J connectivity index is 0.000000217. The van der Waals surface area contributed by atoms with Crippen molar-refractivity contribution in [3.8, 4) is 55.6 Å². The number of aromatic nitrogens is 16. The van der Waals surface area contributed by atoms with Crippen LogP contribution in [-0.2, 0) is 18.9 Å². The van der Waals surface area contributed by atoms with E-state index in [0.29, 0.717) is 40.5 Å². The zero-order valence-electron chi connectivity index (χ0n) is 72.7. The number of fused-ring (bicyclic) bond motifs is 3. The zero-order chi connectivity index (χ0) is 97.5.